The van der Waals surface area contributed by atoms with Gasteiger partial charge >= 0.3 is 12.1 Å². The number of carbonyl (C=O) groups excluding carboxylic acids is 1. The fourth-order valence-corrected chi connectivity index (χ4v) is 2.29. The highest BCUT2D eigenvalue weighted by Crippen LogP contribution is 2.20. The Balaban J connectivity index is 2.44. The fraction of sp³-hybridized carbons (Fsp3) is 0.714. The molecule has 0 aliphatic carbocycles. The molecule has 6 nitrogen and oxygen atoms in total. The second-order valence-corrected chi connectivity index (χ2v) is 5.79. The molecule has 1 atom stereocenters. The summed E-state index contributed by atoms with van der Waals surface area (Å²) in [4.78, 5) is 24.7. The molecule has 1 unspecified atom stereocenters. The number of nitrogens with zero attached hydrogens (tertiary/aromatic N) is 1. The smallest absolute Gasteiger partial charge is 0.407 e. The molecule has 0 aromatic carbocycles. The van der Waals surface area contributed by atoms with Crippen LogP contribution in [0.4, 0.5) is 4.79 Å². The Bertz CT molecular complexity index is 368. The Labute approximate surface area is 119 Å². The SMILES string of the molecule is C=CCOC(=O)NC1CCCN(CC(C)(C)C(=O)O)C1. The maximum absolute atomic E-state index is 11.5. The minimum atomic E-state index is -0.807. The van der Waals surface area contributed by atoms with E-state index in [1.165, 1.54) is 6.08 Å². The van der Waals surface area contributed by atoms with Crippen molar-refractivity contribution in [2.75, 3.05) is 26.2 Å². The van der Waals surface area contributed by atoms with Gasteiger partial charge in [0.25, 0.3) is 0 Å². The Morgan fingerprint density at radius 3 is 2.85 bits per heavy atom. The number of likely N-dealkylation sites (tertiary alicyclic amines) is 1. The minimum absolute atomic E-state index is 0.00524. The average molecular weight is 284 g/mol. The van der Waals surface area contributed by atoms with E-state index >= 15 is 0 Å². The zero-order chi connectivity index (χ0) is 15.2. The summed E-state index contributed by atoms with van der Waals surface area (Å²) in [6, 6.07) is 0.00524. The van der Waals surface area contributed by atoms with Crippen LogP contribution in [0.5, 0.6) is 0 Å². The van der Waals surface area contributed by atoms with E-state index < -0.39 is 17.5 Å². The van der Waals surface area contributed by atoms with Crippen molar-refractivity contribution in [2.24, 2.45) is 5.41 Å². The summed E-state index contributed by atoms with van der Waals surface area (Å²) in [5.41, 5.74) is -0.786. The molecule has 1 aliphatic rings. The van der Waals surface area contributed by atoms with Crippen LogP contribution in [-0.2, 0) is 9.53 Å². The van der Waals surface area contributed by atoms with Gasteiger partial charge in [0.05, 0.1) is 5.41 Å². The predicted molar refractivity (Wildman–Crippen MR) is 75.6 cm³/mol. The van der Waals surface area contributed by atoms with Crippen molar-refractivity contribution in [3.05, 3.63) is 12.7 Å². The molecule has 1 saturated heterocycles. The van der Waals surface area contributed by atoms with E-state index in [0.29, 0.717) is 13.1 Å². The van der Waals surface area contributed by atoms with Gasteiger partial charge in [-0.1, -0.05) is 12.7 Å². The molecule has 1 heterocycles. The molecule has 0 aromatic rings. The van der Waals surface area contributed by atoms with Gasteiger partial charge in [-0.05, 0) is 33.2 Å². The number of hydrogen-bond donors (Lipinski definition) is 2. The lowest BCUT2D eigenvalue weighted by atomic mass is 9.91. The lowest BCUT2D eigenvalue weighted by Gasteiger charge is -2.36. The van der Waals surface area contributed by atoms with Crippen molar-refractivity contribution >= 4 is 12.1 Å². The highest BCUT2D eigenvalue weighted by atomic mass is 16.5. The van der Waals surface area contributed by atoms with Crippen molar-refractivity contribution in [1.29, 1.82) is 0 Å². The monoisotopic (exact) mass is 284 g/mol. The van der Waals surface area contributed by atoms with Crippen molar-refractivity contribution in [1.82, 2.24) is 10.2 Å². The molecule has 0 saturated carbocycles. The van der Waals surface area contributed by atoms with E-state index in [2.05, 4.69) is 16.8 Å². The summed E-state index contributed by atoms with van der Waals surface area (Å²) in [5.74, 6) is -0.807. The molecular formula is C14H24N2O4. The van der Waals surface area contributed by atoms with Crippen molar-refractivity contribution in [3.8, 4) is 0 Å². The van der Waals surface area contributed by atoms with Gasteiger partial charge in [0.1, 0.15) is 6.61 Å². The van der Waals surface area contributed by atoms with E-state index in [4.69, 9.17) is 9.84 Å². The van der Waals surface area contributed by atoms with Crippen LogP contribution >= 0.6 is 0 Å². The number of carboxylic acid groups (broad SMARTS) is 1. The second-order valence-electron chi connectivity index (χ2n) is 5.79. The van der Waals surface area contributed by atoms with E-state index in [-0.39, 0.29) is 12.6 Å². The number of aliphatic carboxylic acids is 1. The first-order valence-corrected chi connectivity index (χ1v) is 6.85. The molecule has 6 heteroatoms. The lowest BCUT2D eigenvalue weighted by molar-refractivity contribution is -0.148. The summed E-state index contributed by atoms with van der Waals surface area (Å²) in [7, 11) is 0. The number of alkyl carbamates (subject to hydrolysis) is 1. The third-order valence-electron chi connectivity index (χ3n) is 3.36. The molecule has 2 N–H and O–H groups in total. The largest absolute Gasteiger partial charge is 0.481 e. The summed E-state index contributed by atoms with van der Waals surface area (Å²) < 4.78 is 4.89. The van der Waals surface area contributed by atoms with Gasteiger partial charge in [0.15, 0.2) is 0 Å². The zero-order valence-corrected chi connectivity index (χ0v) is 12.2. The van der Waals surface area contributed by atoms with E-state index in [1.807, 2.05) is 0 Å². The number of carbonyl (C=O) groups is 2. The van der Waals surface area contributed by atoms with Crippen molar-refractivity contribution in [2.45, 2.75) is 32.7 Å². The van der Waals surface area contributed by atoms with Gasteiger partial charge in [-0.2, -0.15) is 0 Å². The Kier molecular flexibility index (Phi) is 6.01. The highest BCUT2D eigenvalue weighted by molar-refractivity contribution is 5.73. The van der Waals surface area contributed by atoms with Crippen LogP contribution in [0.2, 0.25) is 0 Å². The Hall–Kier alpha value is -1.56. The number of rotatable bonds is 6. The number of piperidine rings is 1. The molecule has 114 valence electrons. The molecule has 0 radical (unpaired) electrons. The Morgan fingerprint density at radius 2 is 2.25 bits per heavy atom. The first-order chi connectivity index (χ1) is 9.35. The molecule has 0 spiro atoms. The standard InChI is InChI=1S/C14H24N2O4/c1-4-8-20-13(19)15-11-6-5-7-16(9-11)10-14(2,3)12(17)18/h4,11H,1,5-10H2,2-3H3,(H,15,19)(H,17,18). The number of nitrogens with one attached hydrogen (secondary N) is 1. The number of hydrogen-bond acceptors (Lipinski definition) is 4. The van der Waals surface area contributed by atoms with E-state index in [0.717, 1.165) is 19.4 Å². The third kappa shape index (κ3) is 5.21. The summed E-state index contributed by atoms with van der Waals surface area (Å²) in [6.07, 6.45) is 2.88. The fourth-order valence-electron chi connectivity index (χ4n) is 2.29. The first-order valence-electron chi connectivity index (χ1n) is 6.85. The van der Waals surface area contributed by atoms with Gasteiger partial charge in [0.2, 0.25) is 0 Å². The maximum Gasteiger partial charge on any atom is 0.407 e. The van der Waals surface area contributed by atoms with Gasteiger partial charge in [0, 0.05) is 19.1 Å². The van der Waals surface area contributed by atoms with Crippen LogP contribution in [-0.4, -0.2) is 54.4 Å². The van der Waals surface area contributed by atoms with Crippen LogP contribution in [0.15, 0.2) is 12.7 Å². The first kappa shape index (κ1) is 16.5. The third-order valence-corrected chi connectivity index (χ3v) is 3.36. The molecule has 1 aliphatic heterocycles. The van der Waals surface area contributed by atoms with E-state index in [1.54, 1.807) is 13.8 Å². The summed E-state index contributed by atoms with van der Waals surface area (Å²) in [6.45, 7) is 9.08. The molecular weight excluding hydrogens is 260 g/mol. The number of carboxylic acids is 1. The van der Waals surface area contributed by atoms with Crippen LogP contribution in [0.1, 0.15) is 26.7 Å². The van der Waals surface area contributed by atoms with Crippen LogP contribution < -0.4 is 5.32 Å². The van der Waals surface area contributed by atoms with Crippen molar-refractivity contribution < 1.29 is 19.4 Å². The highest BCUT2D eigenvalue weighted by Gasteiger charge is 2.32. The lowest BCUT2D eigenvalue weighted by Crippen LogP contribution is -2.51. The van der Waals surface area contributed by atoms with Crippen LogP contribution in [0, 0.1) is 5.41 Å². The van der Waals surface area contributed by atoms with Crippen LogP contribution in [0.3, 0.4) is 0 Å². The van der Waals surface area contributed by atoms with Gasteiger partial charge < -0.3 is 20.1 Å². The quantitative estimate of drug-likeness (QED) is 0.722. The Morgan fingerprint density at radius 1 is 1.55 bits per heavy atom. The molecule has 1 rings (SSSR count). The number of ether oxygens (including phenoxy) is 1. The number of amides is 1. The molecule has 1 amide bonds. The molecule has 1 fully saturated rings. The normalized spacial score (nSPS) is 20.2. The van der Waals surface area contributed by atoms with Gasteiger partial charge in [-0.15, -0.1) is 0 Å². The average Bonchev–Trinajstić information content (AvgIpc) is 2.36. The van der Waals surface area contributed by atoms with E-state index in [9.17, 15) is 9.59 Å². The molecule has 0 bridgehead atoms. The van der Waals surface area contributed by atoms with Gasteiger partial charge in [-0.25, -0.2) is 4.79 Å². The second kappa shape index (κ2) is 7.28. The minimum Gasteiger partial charge on any atom is -0.481 e. The topological polar surface area (TPSA) is 78.9 Å². The summed E-state index contributed by atoms with van der Waals surface area (Å²) >= 11 is 0. The molecule has 0 aromatic heterocycles. The van der Waals surface area contributed by atoms with Crippen molar-refractivity contribution in [3.63, 3.8) is 0 Å². The predicted octanol–water partition coefficient (Wildman–Crippen LogP) is 1.47. The zero-order valence-electron chi connectivity index (χ0n) is 12.2. The van der Waals surface area contributed by atoms with Crippen LogP contribution in [0.25, 0.3) is 0 Å². The van der Waals surface area contributed by atoms with Gasteiger partial charge in [-0.3, -0.25) is 4.79 Å². The maximum atomic E-state index is 11.5. The molecule has 20 heavy (non-hydrogen) atoms. The summed E-state index contributed by atoms with van der Waals surface area (Å²) in [5, 5.41) is 12.0.